The van der Waals surface area contributed by atoms with Gasteiger partial charge in [-0.3, -0.25) is 4.90 Å². The van der Waals surface area contributed by atoms with Gasteiger partial charge in [0, 0.05) is 46.9 Å². The summed E-state index contributed by atoms with van der Waals surface area (Å²) in [6.45, 7) is 5.25. The van der Waals surface area contributed by atoms with Crippen molar-refractivity contribution in [3.05, 3.63) is 76.5 Å². The first-order chi connectivity index (χ1) is 17.0. The van der Waals surface area contributed by atoms with E-state index in [1.807, 2.05) is 18.2 Å². The lowest BCUT2D eigenvalue weighted by Crippen LogP contribution is -2.50. The van der Waals surface area contributed by atoms with Gasteiger partial charge < -0.3 is 14.5 Å². The second kappa shape index (κ2) is 9.91. The Morgan fingerprint density at radius 2 is 2.00 bits per heavy atom. The molecule has 3 aromatic rings. The van der Waals surface area contributed by atoms with E-state index < -0.39 is 23.6 Å². The molecule has 0 saturated carbocycles. The number of ether oxygens (including phenoxy) is 2. The number of nitrogens with one attached hydrogen (secondary N) is 1. The molecule has 0 aliphatic carbocycles. The Labute approximate surface area is 203 Å². The third kappa shape index (κ3) is 4.39. The van der Waals surface area contributed by atoms with Crippen LogP contribution in [0.4, 0.5) is 8.78 Å². The van der Waals surface area contributed by atoms with Crippen molar-refractivity contribution in [2.75, 3.05) is 19.8 Å². The van der Waals surface area contributed by atoms with Crippen LogP contribution in [-0.2, 0) is 20.7 Å². The lowest BCUT2D eigenvalue weighted by Gasteiger charge is -2.45. The van der Waals surface area contributed by atoms with Gasteiger partial charge in [-0.25, -0.2) is 13.6 Å². The zero-order valence-corrected chi connectivity index (χ0v) is 20.0. The minimum absolute atomic E-state index is 0.0242. The molecule has 1 unspecified atom stereocenters. The lowest BCUT2D eigenvalue weighted by molar-refractivity contribution is -0.137. The zero-order chi connectivity index (χ0) is 24.5. The second-order valence-corrected chi connectivity index (χ2v) is 9.18. The number of carbonyl (C=O) groups is 1. The first-order valence-corrected chi connectivity index (χ1v) is 12.3. The second-order valence-electron chi connectivity index (χ2n) is 9.18. The van der Waals surface area contributed by atoms with Gasteiger partial charge in [-0.1, -0.05) is 25.1 Å². The smallest absolute Gasteiger partial charge is 0.330 e. The molecule has 1 fully saturated rings. The number of hydrogen-bond acceptors (Lipinski definition) is 4. The quantitative estimate of drug-likeness (QED) is 0.372. The molecule has 5 nitrogen and oxygen atoms in total. The average molecular weight is 481 g/mol. The number of aromatic amines is 1. The van der Waals surface area contributed by atoms with Crippen LogP contribution >= 0.6 is 0 Å². The van der Waals surface area contributed by atoms with E-state index in [1.165, 1.54) is 24.3 Å². The largest absolute Gasteiger partial charge is 0.463 e. The number of fused-ring (bicyclic) bond motifs is 3. The summed E-state index contributed by atoms with van der Waals surface area (Å²) in [5.41, 5.74) is 3.23. The van der Waals surface area contributed by atoms with Crippen molar-refractivity contribution in [3.63, 3.8) is 0 Å². The number of halogens is 2. The highest BCUT2D eigenvalue weighted by molar-refractivity contribution is 5.87. The van der Waals surface area contributed by atoms with Crippen LogP contribution in [0.3, 0.4) is 0 Å². The molecule has 2 aliphatic heterocycles. The molecule has 3 heterocycles. The maximum absolute atomic E-state index is 15.7. The van der Waals surface area contributed by atoms with Crippen LogP contribution in [-0.4, -0.2) is 47.8 Å². The fraction of sp³-hybridized carbons (Fsp3) is 0.393. The van der Waals surface area contributed by atoms with Crippen molar-refractivity contribution in [2.24, 2.45) is 0 Å². The number of H-pyrrole nitrogens is 1. The highest BCUT2D eigenvalue weighted by Crippen LogP contribution is 2.45. The van der Waals surface area contributed by atoms with Gasteiger partial charge in [-0.15, -0.1) is 0 Å². The Morgan fingerprint density at radius 3 is 2.69 bits per heavy atom. The molecule has 1 N–H and O–H groups in total. The molecule has 0 spiro atoms. The molecule has 5 rings (SSSR count). The Morgan fingerprint density at radius 1 is 1.23 bits per heavy atom. The molecule has 184 valence electrons. The van der Waals surface area contributed by atoms with Crippen molar-refractivity contribution in [1.29, 1.82) is 0 Å². The molecule has 2 aromatic carbocycles. The van der Waals surface area contributed by atoms with Gasteiger partial charge in [0.1, 0.15) is 11.6 Å². The number of nitrogens with zero attached hydrogens (tertiary/aromatic N) is 1. The maximum atomic E-state index is 15.7. The van der Waals surface area contributed by atoms with Crippen molar-refractivity contribution in [2.45, 2.75) is 51.2 Å². The van der Waals surface area contributed by atoms with E-state index in [4.69, 9.17) is 9.47 Å². The number of hydrogen-bond donors (Lipinski definition) is 1. The van der Waals surface area contributed by atoms with Crippen molar-refractivity contribution >= 4 is 22.9 Å². The first kappa shape index (κ1) is 23.7. The number of rotatable bonds is 6. The molecule has 2 aliphatic rings. The molecule has 7 heteroatoms. The molecule has 0 bridgehead atoms. The molecule has 1 saturated heterocycles. The van der Waals surface area contributed by atoms with E-state index in [1.54, 1.807) is 6.92 Å². The summed E-state index contributed by atoms with van der Waals surface area (Å²) < 4.78 is 42.1. The maximum Gasteiger partial charge on any atom is 0.330 e. The highest BCUT2D eigenvalue weighted by Gasteiger charge is 2.43. The van der Waals surface area contributed by atoms with Crippen LogP contribution in [0.5, 0.6) is 0 Å². The predicted octanol–water partition coefficient (Wildman–Crippen LogP) is 5.54. The number of para-hydroxylation sites is 1. The third-order valence-electron chi connectivity index (χ3n) is 7.15. The van der Waals surface area contributed by atoms with Crippen LogP contribution in [0.2, 0.25) is 0 Å². The summed E-state index contributed by atoms with van der Waals surface area (Å²) in [4.78, 5) is 17.4. The molecular weight excluding hydrogens is 450 g/mol. The average Bonchev–Trinajstić information content (AvgIpc) is 3.50. The Balaban J connectivity index is 1.64. The predicted molar refractivity (Wildman–Crippen MR) is 131 cm³/mol. The molecule has 0 amide bonds. The van der Waals surface area contributed by atoms with Gasteiger partial charge in [0.05, 0.1) is 19.3 Å². The Bertz CT molecular complexity index is 1240. The van der Waals surface area contributed by atoms with E-state index in [-0.39, 0.29) is 29.8 Å². The van der Waals surface area contributed by atoms with Crippen LogP contribution in [0.15, 0.2) is 42.5 Å². The molecular formula is C28H30F2N2O3. The van der Waals surface area contributed by atoms with E-state index >= 15 is 8.78 Å². The zero-order valence-electron chi connectivity index (χ0n) is 20.0. The van der Waals surface area contributed by atoms with Crippen molar-refractivity contribution in [1.82, 2.24) is 9.88 Å². The normalized spacial score (nSPS) is 22.7. The summed E-state index contributed by atoms with van der Waals surface area (Å²) in [5.74, 6) is -1.82. The minimum atomic E-state index is -0.635. The van der Waals surface area contributed by atoms with Crippen molar-refractivity contribution < 1.29 is 23.0 Å². The fourth-order valence-electron chi connectivity index (χ4n) is 5.61. The highest BCUT2D eigenvalue weighted by atomic mass is 19.1. The lowest BCUT2D eigenvalue weighted by atomic mass is 9.85. The molecule has 1 aromatic heterocycles. The molecule has 0 radical (unpaired) electrons. The SMILES string of the molecule is CCOC(=O)/C=C/c1cc(F)c([C@@H]2c3[nH]c4ccccc4c3C[C@@H](CC)N2C2CCOC2)c(F)c1. The summed E-state index contributed by atoms with van der Waals surface area (Å²) in [6, 6.07) is 10.2. The summed E-state index contributed by atoms with van der Waals surface area (Å²) in [5, 5.41) is 1.10. The van der Waals surface area contributed by atoms with Crippen LogP contribution in [0, 0.1) is 11.6 Å². The first-order valence-electron chi connectivity index (χ1n) is 12.3. The minimum Gasteiger partial charge on any atom is -0.463 e. The molecule has 3 atom stereocenters. The third-order valence-corrected chi connectivity index (χ3v) is 7.15. The van der Waals surface area contributed by atoms with E-state index in [2.05, 4.69) is 22.9 Å². The summed E-state index contributed by atoms with van der Waals surface area (Å²) >= 11 is 0. The van der Waals surface area contributed by atoms with E-state index in [9.17, 15) is 4.79 Å². The van der Waals surface area contributed by atoms with Gasteiger partial charge in [-0.2, -0.15) is 0 Å². The van der Waals surface area contributed by atoms with Gasteiger partial charge in [0.2, 0.25) is 0 Å². The molecule has 35 heavy (non-hydrogen) atoms. The topological polar surface area (TPSA) is 54.6 Å². The standard InChI is InChI=1S/C28H30F2N2O3/c1-3-18-15-21-20-7-5-6-8-24(20)31-27(21)28(32(18)19-11-12-34-16-19)26-22(29)13-17(14-23(26)30)9-10-25(33)35-4-2/h5-10,13-14,18-19,28,31H,3-4,11-12,15-16H2,1-2H3/b10-9+/t18-,19?,28-/m1/s1. The number of carbonyl (C=O) groups excluding carboxylic acids is 1. The van der Waals surface area contributed by atoms with Crippen molar-refractivity contribution in [3.8, 4) is 0 Å². The number of benzene rings is 2. The van der Waals surface area contributed by atoms with Gasteiger partial charge in [0.25, 0.3) is 0 Å². The Hall–Kier alpha value is -3.03. The van der Waals surface area contributed by atoms with Gasteiger partial charge >= 0.3 is 5.97 Å². The van der Waals surface area contributed by atoms with Gasteiger partial charge in [-0.05, 0) is 61.6 Å². The fourth-order valence-corrected chi connectivity index (χ4v) is 5.61. The van der Waals surface area contributed by atoms with Crippen LogP contribution in [0.25, 0.3) is 17.0 Å². The van der Waals surface area contributed by atoms with Crippen LogP contribution in [0.1, 0.15) is 55.1 Å². The van der Waals surface area contributed by atoms with E-state index in [0.29, 0.717) is 13.2 Å². The van der Waals surface area contributed by atoms with E-state index in [0.717, 1.165) is 41.4 Å². The summed E-state index contributed by atoms with van der Waals surface area (Å²) in [6.07, 6.45) is 5.05. The summed E-state index contributed by atoms with van der Waals surface area (Å²) in [7, 11) is 0. The number of esters is 1. The van der Waals surface area contributed by atoms with Gasteiger partial charge in [0.15, 0.2) is 0 Å². The Kier molecular flexibility index (Phi) is 6.71. The monoisotopic (exact) mass is 480 g/mol. The number of aromatic nitrogens is 1. The van der Waals surface area contributed by atoms with Crippen LogP contribution < -0.4 is 0 Å².